The highest BCUT2D eigenvalue weighted by Gasteiger charge is 2.56. The lowest BCUT2D eigenvalue weighted by Gasteiger charge is -2.44. The molecule has 4 atom stereocenters. The van der Waals surface area contributed by atoms with Crippen molar-refractivity contribution >= 4 is 18.2 Å². The number of hydrogen-bond donors (Lipinski definition) is 3. The summed E-state index contributed by atoms with van der Waals surface area (Å²) in [6, 6.07) is -0.190. The van der Waals surface area contributed by atoms with Crippen molar-refractivity contribution in [3.05, 3.63) is 11.3 Å². The van der Waals surface area contributed by atoms with Gasteiger partial charge in [-0.05, 0) is 44.1 Å². The maximum absolute atomic E-state index is 12.1. The minimum Gasteiger partial charge on any atom is -0.477 e. The normalized spacial score (nSPS) is 31.2. The molecule has 3 N–H and O–H groups in total. The van der Waals surface area contributed by atoms with Crippen LogP contribution in [-0.4, -0.2) is 63.5 Å². The molecule has 0 aromatic carbocycles. The number of aliphatic hydroxyl groups excluding tert-OH is 1. The van der Waals surface area contributed by atoms with Gasteiger partial charge in [0.1, 0.15) is 5.70 Å². The van der Waals surface area contributed by atoms with Crippen LogP contribution in [0.5, 0.6) is 0 Å². The van der Waals surface area contributed by atoms with Gasteiger partial charge in [-0.15, -0.1) is 0 Å². The quantitative estimate of drug-likeness (QED) is 0.378. The number of carbonyl (C=O) groups is 2. The molecule has 0 aromatic rings. The molecule has 0 saturated carbocycles. The first-order chi connectivity index (χ1) is 10.9. The molecule has 2 saturated heterocycles. The van der Waals surface area contributed by atoms with Crippen molar-refractivity contribution in [1.82, 2.24) is 9.80 Å². The van der Waals surface area contributed by atoms with E-state index in [-0.39, 0.29) is 17.6 Å². The molecule has 1 unspecified atom stereocenters. The standard InChI is InChI=1S/C16H23N3O4/c1-9(20)13-12-6-11(14(16(22)23)19(12)15(13)21)3-2-10-4-5-18(7-10)8-17/h8-10,12-13,17,20H,2-7H2,1H3,(H,22,23)/t9-,10?,12-,13-/m1/s1. The topological polar surface area (TPSA) is 105 Å². The Morgan fingerprint density at radius 2 is 2.26 bits per heavy atom. The summed E-state index contributed by atoms with van der Waals surface area (Å²) in [4.78, 5) is 27.0. The average molecular weight is 321 g/mol. The Morgan fingerprint density at radius 3 is 2.83 bits per heavy atom. The summed E-state index contributed by atoms with van der Waals surface area (Å²) in [5, 5.41) is 26.5. The summed E-state index contributed by atoms with van der Waals surface area (Å²) in [7, 11) is 0. The van der Waals surface area contributed by atoms with E-state index in [4.69, 9.17) is 5.41 Å². The van der Waals surface area contributed by atoms with Gasteiger partial charge < -0.3 is 20.0 Å². The number of β-lactam (4-membered cyclic amide) rings is 1. The van der Waals surface area contributed by atoms with Gasteiger partial charge in [-0.2, -0.15) is 0 Å². The van der Waals surface area contributed by atoms with Crippen molar-refractivity contribution in [1.29, 1.82) is 5.41 Å². The molecule has 7 nitrogen and oxygen atoms in total. The molecule has 0 spiro atoms. The molecule has 0 radical (unpaired) electrons. The number of carboxylic acid groups (broad SMARTS) is 1. The van der Waals surface area contributed by atoms with Crippen molar-refractivity contribution in [2.75, 3.05) is 13.1 Å². The molecule has 0 aliphatic carbocycles. The zero-order valence-corrected chi connectivity index (χ0v) is 13.2. The largest absolute Gasteiger partial charge is 0.477 e. The first kappa shape index (κ1) is 16.0. The molecule has 23 heavy (non-hydrogen) atoms. The van der Waals surface area contributed by atoms with Crippen LogP contribution >= 0.6 is 0 Å². The van der Waals surface area contributed by atoms with Crippen LogP contribution in [0.3, 0.4) is 0 Å². The van der Waals surface area contributed by atoms with Crippen molar-refractivity contribution in [3.63, 3.8) is 0 Å². The second-order valence-corrected chi connectivity index (χ2v) is 6.82. The predicted molar refractivity (Wildman–Crippen MR) is 82.8 cm³/mol. The molecule has 0 bridgehead atoms. The first-order valence-corrected chi connectivity index (χ1v) is 8.15. The second-order valence-electron chi connectivity index (χ2n) is 6.82. The van der Waals surface area contributed by atoms with Gasteiger partial charge in [0.2, 0.25) is 5.91 Å². The smallest absolute Gasteiger partial charge is 0.352 e. The molecule has 0 aromatic heterocycles. The molecular weight excluding hydrogens is 298 g/mol. The van der Waals surface area contributed by atoms with Crippen molar-refractivity contribution in [2.24, 2.45) is 11.8 Å². The number of carboxylic acids is 1. The highest BCUT2D eigenvalue weighted by Crippen LogP contribution is 2.45. The number of nitrogens with one attached hydrogen (secondary N) is 1. The summed E-state index contributed by atoms with van der Waals surface area (Å²) in [5.41, 5.74) is 0.964. The summed E-state index contributed by atoms with van der Waals surface area (Å²) in [6.45, 7) is 3.32. The number of nitrogens with zero attached hydrogens (tertiary/aromatic N) is 2. The summed E-state index contributed by atoms with van der Waals surface area (Å²) in [6.07, 6.45) is 3.75. The Morgan fingerprint density at radius 1 is 1.52 bits per heavy atom. The Hall–Kier alpha value is -1.89. The van der Waals surface area contributed by atoms with Gasteiger partial charge in [0.05, 0.1) is 24.4 Å². The molecular formula is C16H23N3O4. The van der Waals surface area contributed by atoms with Crippen molar-refractivity contribution in [3.8, 4) is 0 Å². The Bertz CT molecular complexity index is 572. The maximum Gasteiger partial charge on any atom is 0.352 e. The molecule has 3 aliphatic heterocycles. The van der Waals surface area contributed by atoms with Gasteiger partial charge in [0, 0.05) is 13.1 Å². The lowest BCUT2D eigenvalue weighted by Crippen LogP contribution is -2.61. The highest BCUT2D eigenvalue weighted by molar-refractivity contribution is 5.99. The summed E-state index contributed by atoms with van der Waals surface area (Å²) >= 11 is 0. The zero-order valence-electron chi connectivity index (χ0n) is 13.2. The third-order valence-corrected chi connectivity index (χ3v) is 5.38. The van der Waals surface area contributed by atoms with E-state index in [1.807, 2.05) is 4.90 Å². The maximum atomic E-state index is 12.1. The van der Waals surface area contributed by atoms with E-state index >= 15 is 0 Å². The van der Waals surface area contributed by atoms with Crippen LogP contribution in [0.4, 0.5) is 0 Å². The van der Waals surface area contributed by atoms with Crippen LogP contribution in [-0.2, 0) is 9.59 Å². The van der Waals surface area contributed by atoms with Gasteiger partial charge in [0.25, 0.3) is 0 Å². The Kier molecular flexibility index (Phi) is 4.14. The number of hydrogen-bond acceptors (Lipinski definition) is 4. The van der Waals surface area contributed by atoms with Gasteiger partial charge in [0.15, 0.2) is 0 Å². The molecule has 3 heterocycles. The van der Waals surface area contributed by atoms with E-state index in [0.29, 0.717) is 18.8 Å². The number of aliphatic hydroxyl groups is 1. The Labute approximate surface area is 135 Å². The molecule has 7 heteroatoms. The first-order valence-electron chi connectivity index (χ1n) is 8.15. The molecule has 126 valence electrons. The van der Waals surface area contributed by atoms with Gasteiger partial charge in [-0.3, -0.25) is 10.2 Å². The van der Waals surface area contributed by atoms with Gasteiger partial charge in [-0.25, -0.2) is 4.79 Å². The van der Waals surface area contributed by atoms with Gasteiger partial charge >= 0.3 is 5.97 Å². The second kappa shape index (κ2) is 5.96. The molecule has 2 fully saturated rings. The lowest BCUT2D eigenvalue weighted by atomic mass is 9.82. The Balaban J connectivity index is 1.68. The number of amides is 1. The number of carbonyl (C=O) groups excluding carboxylic acids is 1. The monoisotopic (exact) mass is 321 g/mol. The SMILES string of the molecule is C[C@@H](O)[C@H]1C(=O)N2C(C(=O)O)=C(CCC3CCN(C=N)C3)C[C@H]12. The lowest BCUT2D eigenvalue weighted by molar-refractivity contribution is -0.161. The van der Waals surface area contributed by atoms with Crippen LogP contribution in [0.25, 0.3) is 0 Å². The van der Waals surface area contributed by atoms with E-state index in [1.165, 1.54) is 11.2 Å². The summed E-state index contributed by atoms with van der Waals surface area (Å²) in [5.74, 6) is -1.32. The minimum atomic E-state index is -1.05. The fraction of sp³-hybridized carbons (Fsp3) is 0.688. The van der Waals surface area contributed by atoms with E-state index in [1.54, 1.807) is 6.92 Å². The number of likely N-dealkylation sites (tertiary alicyclic amines) is 1. The summed E-state index contributed by atoms with van der Waals surface area (Å²) < 4.78 is 0. The van der Waals surface area contributed by atoms with Crippen LogP contribution < -0.4 is 0 Å². The number of rotatable bonds is 6. The molecule has 3 aliphatic rings. The molecule has 1 amide bonds. The highest BCUT2D eigenvalue weighted by atomic mass is 16.4. The van der Waals surface area contributed by atoms with Gasteiger partial charge in [-0.1, -0.05) is 0 Å². The number of aliphatic carboxylic acids is 1. The zero-order chi connectivity index (χ0) is 16.7. The third-order valence-electron chi connectivity index (χ3n) is 5.38. The molecule has 3 rings (SSSR count). The fourth-order valence-corrected chi connectivity index (χ4v) is 4.18. The van der Waals surface area contributed by atoms with E-state index in [2.05, 4.69) is 0 Å². The van der Waals surface area contributed by atoms with Crippen LogP contribution in [0.2, 0.25) is 0 Å². The van der Waals surface area contributed by atoms with Crippen molar-refractivity contribution < 1.29 is 19.8 Å². The number of fused-ring (bicyclic) bond motifs is 1. The average Bonchev–Trinajstić information content (AvgIpc) is 3.06. The fourth-order valence-electron chi connectivity index (χ4n) is 4.18. The van der Waals surface area contributed by atoms with Crippen molar-refractivity contribution in [2.45, 2.75) is 44.8 Å². The van der Waals surface area contributed by atoms with E-state index < -0.39 is 18.0 Å². The minimum absolute atomic E-state index is 0.138. The third kappa shape index (κ3) is 2.63. The predicted octanol–water partition coefficient (Wildman–Crippen LogP) is 0.646. The van der Waals surface area contributed by atoms with E-state index in [0.717, 1.165) is 31.5 Å². The van der Waals surface area contributed by atoms with E-state index in [9.17, 15) is 19.8 Å². The van der Waals surface area contributed by atoms with Crippen LogP contribution in [0.15, 0.2) is 11.3 Å². The van der Waals surface area contributed by atoms with Crippen LogP contribution in [0.1, 0.15) is 32.6 Å². The van der Waals surface area contributed by atoms with Crippen LogP contribution in [0, 0.1) is 17.2 Å².